The quantitative estimate of drug-likeness (QED) is 0.904. The maximum absolute atomic E-state index is 12.4. The first kappa shape index (κ1) is 14.3. The second-order valence-electron chi connectivity index (χ2n) is 6.30. The topological polar surface area (TPSA) is 78.6 Å². The zero-order chi connectivity index (χ0) is 15.8. The Bertz CT molecular complexity index is 719. The SMILES string of the molecule is O=C(N[C@H]1CN2CCC1CC2)c1ncc(-c2cccc(O)c2)o1. The summed E-state index contributed by atoms with van der Waals surface area (Å²) in [4.78, 5) is 18.8. The maximum atomic E-state index is 12.4. The van der Waals surface area contributed by atoms with Crippen LogP contribution < -0.4 is 5.32 Å². The third-order valence-corrected chi connectivity index (χ3v) is 4.80. The molecule has 2 aromatic rings. The van der Waals surface area contributed by atoms with Crippen LogP contribution in [0.4, 0.5) is 0 Å². The van der Waals surface area contributed by atoms with Crippen LogP contribution in [-0.2, 0) is 0 Å². The molecule has 3 saturated heterocycles. The number of carbonyl (C=O) groups excluding carboxylic acids is 1. The molecule has 2 N–H and O–H groups in total. The lowest BCUT2D eigenvalue weighted by molar-refractivity contribution is 0.0602. The first-order valence-corrected chi connectivity index (χ1v) is 7.97. The summed E-state index contributed by atoms with van der Waals surface area (Å²) in [7, 11) is 0. The first-order chi connectivity index (χ1) is 11.2. The van der Waals surface area contributed by atoms with E-state index in [0.29, 0.717) is 17.2 Å². The van der Waals surface area contributed by atoms with E-state index in [4.69, 9.17) is 4.42 Å². The first-order valence-electron chi connectivity index (χ1n) is 7.97. The highest BCUT2D eigenvalue weighted by Crippen LogP contribution is 2.28. The van der Waals surface area contributed by atoms with E-state index in [1.165, 1.54) is 6.20 Å². The van der Waals surface area contributed by atoms with Crippen molar-refractivity contribution >= 4 is 5.91 Å². The third-order valence-electron chi connectivity index (χ3n) is 4.80. The molecule has 0 radical (unpaired) electrons. The predicted octanol–water partition coefficient (Wildman–Crippen LogP) is 1.87. The molecule has 0 spiro atoms. The number of fused-ring (bicyclic) bond motifs is 3. The molecule has 4 heterocycles. The Hall–Kier alpha value is -2.34. The number of carbonyl (C=O) groups is 1. The number of hydrogen-bond donors (Lipinski definition) is 2. The molecule has 6 nitrogen and oxygen atoms in total. The second-order valence-corrected chi connectivity index (χ2v) is 6.30. The maximum Gasteiger partial charge on any atom is 0.307 e. The van der Waals surface area contributed by atoms with Crippen molar-refractivity contribution in [2.75, 3.05) is 19.6 Å². The molecule has 3 aliphatic rings. The third kappa shape index (κ3) is 2.82. The minimum atomic E-state index is -0.268. The van der Waals surface area contributed by atoms with E-state index in [1.54, 1.807) is 24.3 Å². The van der Waals surface area contributed by atoms with Crippen LogP contribution in [0.5, 0.6) is 5.75 Å². The van der Waals surface area contributed by atoms with Crippen molar-refractivity contribution in [2.24, 2.45) is 5.92 Å². The van der Waals surface area contributed by atoms with Gasteiger partial charge < -0.3 is 19.7 Å². The average Bonchev–Trinajstić information content (AvgIpc) is 3.06. The van der Waals surface area contributed by atoms with Gasteiger partial charge in [-0.2, -0.15) is 0 Å². The predicted molar refractivity (Wildman–Crippen MR) is 84.0 cm³/mol. The van der Waals surface area contributed by atoms with Crippen LogP contribution in [0.15, 0.2) is 34.9 Å². The summed E-state index contributed by atoms with van der Waals surface area (Å²) in [5.74, 6) is 0.983. The highest BCUT2D eigenvalue weighted by molar-refractivity contribution is 5.90. The summed E-state index contributed by atoms with van der Waals surface area (Å²) < 4.78 is 5.56. The highest BCUT2D eigenvalue weighted by atomic mass is 16.4. The van der Waals surface area contributed by atoms with Gasteiger partial charge in [-0.1, -0.05) is 12.1 Å². The van der Waals surface area contributed by atoms with E-state index in [1.807, 2.05) is 0 Å². The Kier molecular flexibility index (Phi) is 3.53. The molecule has 1 atom stereocenters. The van der Waals surface area contributed by atoms with Crippen molar-refractivity contribution in [3.05, 3.63) is 36.4 Å². The van der Waals surface area contributed by atoms with Gasteiger partial charge in [0, 0.05) is 18.2 Å². The monoisotopic (exact) mass is 313 g/mol. The van der Waals surface area contributed by atoms with Crippen LogP contribution in [0.25, 0.3) is 11.3 Å². The number of nitrogens with zero attached hydrogens (tertiary/aromatic N) is 2. The molecule has 0 aliphatic carbocycles. The van der Waals surface area contributed by atoms with Crippen LogP contribution in [0.3, 0.4) is 0 Å². The molecule has 3 fully saturated rings. The highest BCUT2D eigenvalue weighted by Gasteiger charge is 2.35. The van der Waals surface area contributed by atoms with Crippen molar-refractivity contribution in [3.8, 4) is 17.1 Å². The van der Waals surface area contributed by atoms with Gasteiger partial charge in [0.25, 0.3) is 5.89 Å². The smallest absolute Gasteiger partial charge is 0.307 e. The molecular weight excluding hydrogens is 294 g/mol. The average molecular weight is 313 g/mol. The Morgan fingerprint density at radius 3 is 2.87 bits per heavy atom. The van der Waals surface area contributed by atoms with E-state index >= 15 is 0 Å². The van der Waals surface area contributed by atoms with Gasteiger partial charge in [-0.3, -0.25) is 4.79 Å². The molecule has 6 heteroatoms. The molecule has 1 amide bonds. The molecule has 1 aromatic heterocycles. The van der Waals surface area contributed by atoms with Crippen LogP contribution in [0, 0.1) is 5.92 Å². The summed E-state index contributed by atoms with van der Waals surface area (Å²) >= 11 is 0. The van der Waals surface area contributed by atoms with Crippen molar-refractivity contribution in [1.82, 2.24) is 15.2 Å². The molecule has 2 bridgehead atoms. The number of rotatable bonds is 3. The largest absolute Gasteiger partial charge is 0.508 e. The summed E-state index contributed by atoms with van der Waals surface area (Å²) in [5, 5.41) is 12.6. The molecule has 3 aliphatic heterocycles. The number of amides is 1. The number of hydrogen-bond acceptors (Lipinski definition) is 5. The van der Waals surface area contributed by atoms with E-state index in [2.05, 4.69) is 15.2 Å². The standard InChI is InChI=1S/C17H19N3O3/c21-13-3-1-2-12(8-13)15-9-18-17(23-15)16(22)19-14-10-20-6-4-11(14)5-7-20/h1-3,8-9,11,14,21H,4-7,10H2,(H,19,22)/t14-/m0/s1. The molecule has 0 saturated carbocycles. The minimum Gasteiger partial charge on any atom is -0.508 e. The Morgan fingerprint density at radius 1 is 1.35 bits per heavy atom. The summed E-state index contributed by atoms with van der Waals surface area (Å²) in [6, 6.07) is 6.87. The fourth-order valence-electron chi connectivity index (χ4n) is 3.53. The van der Waals surface area contributed by atoms with Crippen LogP contribution in [0.1, 0.15) is 23.5 Å². The summed E-state index contributed by atoms with van der Waals surface area (Å²) in [6.45, 7) is 3.19. The minimum absolute atomic E-state index is 0.0692. The van der Waals surface area contributed by atoms with Gasteiger partial charge >= 0.3 is 5.91 Å². The molecule has 1 aromatic carbocycles. The lowest BCUT2D eigenvalue weighted by Crippen LogP contribution is -2.57. The van der Waals surface area contributed by atoms with E-state index in [0.717, 1.165) is 32.5 Å². The lowest BCUT2D eigenvalue weighted by atomic mass is 9.84. The van der Waals surface area contributed by atoms with E-state index in [-0.39, 0.29) is 23.6 Å². The second kappa shape index (κ2) is 5.70. The zero-order valence-electron chi connectivity index (χ0n) is 12.7. The fraction of sp³-hybridized carbons (Fsp3) is 0.412. The number of nitrogens with one attached hydrogen (secondary N) is 1. The van der Waals surface area contributed by atoms with Crippen molar-refractivity contribution in [1.29, 1.82) is 0 Å². The zero-order valence-corrected chi connectivity index (χ0v) is 12.7. The number of aromatic nitrogens is 1. The number of oxazole rings is 1. The van der Waals surface area contributed by atoms with Gasteiger partial charge in [0.05, 0.1) is 6.20 Å². The number of phenolic OH excluding ortho intramolecular Hbond substituents is 1. The molecule has 0 unspecified atom stereocenters. The Labute approximate surface area is 134 Å². The number of phenols is 1. The van der Waals surface area contributed by atoms with Crippen molar-refractivity contribution in [2.45, 2.75) is 18.9 Å². The van der Waals surface area contributed by atoms with Gasteiger partial charge in [-0.15, -0.1) is 0 Å². The van der Waals surface area contributed by atoms with Crippen molar-refractivity contribution < 1.29 is 14.3 Å². The Balaban J connectivity index is 1.47. The van der Waals surface area contributed by atoms with Gasteiger partial charge in [-0.25, -0.2) is 4.98 Å². The van der Waals surface area contributed by atoms with Gasteiger partial charge in [0.15, 0.2) is 5.76 Å². The van der Waals surface area contributed by atoms with Gasteiger partial charge in [-0.05, 0) is 44.0 Å². The van der Waals surface area contributed by atoms with Crippen molar-refractivity contribution in [3.63, 3.8) is 0 Å². The molecule has 5 rings (SSSR count). The van der Waals surface area contributed by atoms with Crippen LogP contribution >= 0.6 is 0 Å². The summed E-state index contributed by atoms with van der Waals surface area (Å²) in [5.41, 5.74) is 0.694. The summed E-state index contributed by atoms with van der Waals surface area (Å²) in [6.07, 6.45) is 3.80. The molecular formula is C17H19N3O3. The molecule has 23 heavy (non-hydrogen) atoms. The molecule has 120 valence electrons. The van der Waals surface area contributed by atoms with Crippen LogP contribution in [-0.4, -0.2) is 46.6 Å². The van der Waals surface area contributed by atoms with E-state index in [9.17, 15) is 9.90 Å². The van der Waals surface area contributed by atoms with Gasteiger partial charge in [0.1, 0.15) is 5.75 Å². The van der Waals surface area contributed by atoms with Crippen LogP contribution in [0.2, 0.25) is 0 Å². The number of piperidine rings is 3. The normalized spacial score (nSPS) is 26.2. The number of aromatic hydroxyl groups is 1. The Morgan fingerprint density at radius 2 is 2.17 bits per heavy atom. The van der Waals surface area contributed by atoms with E-state index < -0.39 is 0 Å². The number of benzene rings is 1. The lowest BCUT2D eigenvalue weighted by Gasteiger charge is -2.44. The van der Waals surface area contributed by atoms with Gasteiger partial charge in [0.2, 0.25) is 0 Å². The fourth-order valence-corrected chi connectivity index (χ4v) is 3.53.